The minimum atomic E-state index is -0.791. The Kier molecular flexibility index (Phi) is 4.75. The molecule has 2 rings (SSSR count). The van der Waals surface area contributed by atoms with Crippen LogP contribution in [0.1, 0.15) is 20.3 Å². The van der Waals surface area contributed by atoms with Gasteiger partial charge in [-0.3, -0.25) is 4.79 Å². The zero-order valence-electron chi connectivity index (χ0n) is 12.5. The van der Waals surface area contributed by atoms with Gasteiger partial charge in [0.1, 0.15) is 11.4 Å². The van der Waals surface area contributed by atoms with E-state index in [1.165, 1.54) is 0 Å². The van der Waals surface area contributed by atoms with Crippen LogP contribution in [0.4, 0.5) is 0 Å². The van der Waals surface area contributed by atoms with Crippen molar-refractivity contribution in [1.29, 1.82) is 0 Å². The van der Waals surface area contributed by atoms with Gasteiger partial charge in [0.05, 0.1) is 6.54 Å². The SMILES string of the molecule is CCCNC(C)(Cn1ccnc1-c1ccccc1)C(N)=O. The number of hydrogen-bond donors (Lipinski definition) is 2. The number of carbonyl (C=O) groups is 1. The fourth-order valence-corrected chi connectivity index (χ4v) is 2.25. The third-order valence-corrected chi connectivity index (χ3v) is 3.54. The number of benzene rings is 1. The fourth-order valence-electron chi connectivity index (χ4n) is 2.25. The fraction of sp³-hybridized carbons (Fsp3) is 0.375. The zero-order valence-corrected chi connectivity index (χ0v) is 12.5. The molecule has 0 saturated carbocycles. The van der Waals surface area contributed by atoms with Crippen molar-refractivity contribution in [2.45, 2.75) is 32.4 Å². The predicted molar refractivity (Wildman–Crippen MR) is 83.6 cm³/mol. The maximum absolute atomic E-state index is 11.8. The van der Waals surface area contributed by atoms with Gasteiger partial charge in [-0.2, -0.15) is 0 Å². The number of nitrogens with one attached hydrogen (secondary N) is 1. The van der Waals surface area contributed by atoms with Crippen molar-refractivity contribution in [3.8, 4) is 11.4 Å². The van der Waals surface area contributed by atoms with Gasteiger partial charge in [-0.25, -0.2) is 4.98 Å². The van der Waals surface area contributed by atoms with Crippen LogP contribution in [-0.4, -0.2) is 27.5 Å². The molecule has 0 bridgehead atoms. The highest BCUT2D eigenvalue weighted by molar-refractivity contribution is 5.84. The summed E-state index contributed by atoms with van der Waals surface area (Å²) in [4.78, 5) is 16.2. The summed E-state index contributed by atoms with van der Waals surface area (Å²) in [5.41, 5.74) is 5.81. The molecule has 0 fully saturated rings. The molecule has 5 heteroatoms. The van der Waals surface area contributed by atoms with Crippen molar-refractivity contribution in [2.75, 3.05) is 6.54 Å². The van der Waals surface area contributed by atoms with Gasteiger partial charge in [-0.15, -0.1) is 0 Å². The van der Waals surface area contributed by atoms with Crippen molar-refractivity contribution >= 4 is 5.91 Å². The van der Waals surface area contributed by atoms with Crippen molar-refractivity contribution in [1.82, 2.24) is 14.9 Å². The molecule has 0 saturated heterocycles. The van der Waals surface area contributed by atoms with E-state index in [0.717, 1.165) is 24.4 Å². The smallest absolute Gasteiger partial charge is 0.239 e. The molecule has 5 nitrogen and oxygen atoms in total. The lowest BCUT2D eigenvalue weighted by atomic mass is 10.0. The lowest BCUT2D eigenvalue weighted by Crippen LogP contribution is -2.56. The van der Waals surface area contributed by atoms with Gasteiger partial charge in [0, 0.05) is 18.0 Å². The molecule has 0 aliphatic heterocycles. The molecule has 0 aliphatic rings. The third kappa shape index (κ3) is 3.49. The normalized spacial score (nSPS) is 13.8. The summed E-state index contributed by atoms with van der Waals surface area (Å²) in [5, 5.41) is 3.24. The van der Waals surface area contributed by atoms with Crippen molar-refractivity contribution in [2.24, 2.45) is 5.73 Å². The molecule has 3 N–H and O–H groups in total. The van der Waals surface area contributed by atoms with Crippen LogP contribution in [0.2, 0.25) is 0 Å². The summed E-state index contributed by atoms with van der Waals surface area (Å²) in [7, 11) is 0. The third-order valence-electron chi connectivity index (χ3n) is 3.54. The molecular formula is C16H22N4O. The standard InChI is InChI=1S/C16H22N4O/c1-3-9-19-16(2,15(17)21)12-20-11-10-18-14(20)13-7-5-4-6-8-13/h4-8,10-11,19H,3,9,12H2,1-2H3,(H2,17,21). The van der Waals surface area contributed by atoms with E-state index in [9.17, 15) is 4.79 Å². The lowest BCUT2D eigenvalue weighted by molar-refractivity contribution is -0.124. The largest absolute Gasteiger partial charge is 0.368 e. The van der Waals surface area contributed by atoms with Gasteiger partial charge in [0.15, 0.2) is 0 Å². The van der Waals surface area contributed by atoms with E-state index in [1.807, 2.05) is 48.0 Å². The van der Waals surface area contributed by atoms with Crippen LogP contribution < -0.4 is 11.1 Å². The Balaban J connectivity index is 2.27. The number of amides is 1. The van der Waals surface area contributed by atoms with Crippen molar-refractivity contribution < 1.29 is 4.79 Å². The first-order valence-corrected chi connectivity index (χ1v) is 7.18. The number of rotatable bonds is 7. The highest BCUT2D eigenvalue weighted by atomic mass is 16.1. The Morgan fingerprint density at radius 3 is 2.71 bits per heavy atom. The zero-order chi connectivity index (χ0) is 15.3. The number of aromatic nitrogens is 2. The Bertz CT molecular complexity index is 593. The van der Waals surface area contributed by atoms with E-state index >= 15 is 0 Å². The topological polar surface area (TPSA) is 72.9 Å². The average Bonchev–Trinajstić information content (AvgIpc) is 2.94. The molecule has 1 atom stereocenters. The summed E-state index contributed by atoms with van der Waals surface area (Å²) in [6.07, 6.45) is 4.55. The first-order valence-electron chi connectivity index (χ1n) is 7.18. The Morgan fingerprint density at radius 2 is 2.10 bits per heavy atom. The number of nitrogens with two attached hydrogens (primary N) is 1. The molecule has 1 aromatic carbocycles. The second-order valence-corrected chi connectivity index (χ2v) is 5.37. The Labute approximate surface area is 125 Å². The van der Waals surface area contributed by atoms with E-state index in [1.54, 1.807) is 6.20 Å². The lowest BCUT2D eigenvalue weighted by Gasteiger charge is -2.28. The van der Waals surface area contributed by atoms with Gasteiger partial charge < -0.3 is 15.6 Å². The molecule has 0 radical (unpaired) electrons. The quantitative estimate of drug-likeness (QED) is 0.815. The first-order chi connectivity index (χ1) is 10.1. The number of primary amides is 1. The van der Waals surface area contributed by atoms with Gasteiger partial charge in [-0.05, 0) is 19.9 Å². The molecule has 1 unspecified atom stereocenters. The maximum atomic E-state index is 11.8. The maximum Gasteiger partial charge on any atom is 0.239 e. The number of carbonyl (C=O) groups excluding carboxylic acids is 1. The minimum absolute atomic E-state index is 0.358. The second-order valence-electron chi connectivity index (χ2n) is 5.37. The minimum Gasteiger partial charge on any atom is -0.368 e. The van der Waals surface area contributed by atoms with Crippen LogP contribution in [0.25, 0.3) is 11.4 Å². The van der Waals surface area contributed by atoms with Gasteiger partial charge in [0.2, 0.25) is 5.91 Å². The first kappa shape index (κ1) is 15.3. The van der Waals surface area contributed by atoms with E-state index in [4.69, 9.17) is 5.73 Å². The Hall–Kier alpha value is -2.14. The Morgan fingerprint density at radius 1 is 1.38 bits per heavy atom. The summed E-state index contributed by atoms with van der Waals surface area (Å²) >= 11 is 0. The molecule has 0 spiro atoms. The van der Waals surface area contributed by atoms with Crippen LogP contribution >= 0.6 is 0 Å². The van der Waals surface area contributed by atoms with E-state index in [0.29, 0.717) is 6.54 Å². The molecule has 1 amide bonds. The van der Waals surface area contributed by atoms with Crippen molar-refractivity contribution in [3.63, 3.8) is 0 Å². The number of nitrogens with zero attached hydrogens (tertiary/aromatic N) is 2. The molecule has 21 heavy (non-hydrogen) atoms. The predicted octanol–water partition coefficient (Wildman–Crippen LogP) is 1.79. The average molecular weight is 286 g/mol. The van der Waals surface area contributed by atoms with Crippen LogP contribution in [0.3, 0.4) is 0 Å². The molecule has 112 valence electrons. The van der Waals surface area contributed by atoms with Crippen molar-refractivity contribution in [3.05, 3.63) is 42.7 Å². The molecule has 0 aliphatic carbocycles. The summed E-state index contributed by atoms with van der Waals surface area (Å²) in [5.74, 6) is 0.477. The van der Waals surface area contributed by atoms with Crippen LogP contribution in [0.5, 0.6) is 0 Å². The molecule has 1 aromatic heterocycles. The van der Waals surface area contributed by atoms with E-state index in [2.05, 4.69) is 17.2 Å². The monoisotopic (exact) mass is 286 g/mol. The molecule has 2 aromatic rings. The van der Waals surface area contributed by atoms with Crippen LogP contribution in [-0.2, 0) is 11.3 Å². The second kappa shape index (κ2) is 6.54. The van der Waals surface area contributed by atoms with Crippen LogP contribution in [0, 0.1) is 0 Å². The summed E-state index contributed by atoms with van der Waals surface area (Å²) < 4.78 is 1.96. The van der Waals surface area contributed by atoms with Crippen LogP contribution in [0.15, 0.2) is 42.7 Å². The summed E-state index contributed by atoms with van der Waals surface area (Å²) in [6, 6.07) is 9.90. The molecule has 1 heterocycles. The number of hydrogen-bond acceptors (Lipinski definition) is 3. The van der Waals surface area contributed by atoms with Gasteiger partial charge in [0.25, 0.3) is 0 Å². The van der Waals surface area contributed by atoms with E-state index in [-0.39, 0.29) is 5.91 Å². The van der Waals surface area contributed by atoms with E-state index < -0.39 is 5.54 Å². The van der Waals surface area contributed by atoms with Gasteiger partial charge in [-0.1, -0.05) is 37.3 Å². The molecular weight excluding hydrogens is 264 g/mol. The highest BCUT2D eigenvalue weighted by Crippen LogP contribution is 2.19. The van der Waals surface area contributed by atoms with Gasteiger partial charge >= 0.3 is 0 Å². The summed E-state index contributed by atoms with van der Waals surface area (Å²) in [6.45, 7) is 5.09. The number of imidazole rings is 1. The highest BCUT2D eigenvalue weighted by Gasteiger charge is 2.31.